The topological polar surface area (TPSA) is 86.9 Å². The van der Waals surface area contributed by atoms with Crippen molar-refractivity contribution in [2.45, 2.75) is 84.8 Å². The van der Waals surface area contributed by atoms with Gasteiger partial charge in [0.15, 0.2) is 8.32 Å². The Labute approximate surface area is 267 Å². The number of carbonyl (C=O) groups is 1. The summed E-state index contributed by atoms with van der Waals surface area (Å²) >= 11 is 13.4. The molecule has 2 N–H and O–H groups in total. The number of halogens is 2. The molecule has 7 nitrogen and oxygen atoms in total. The van der Waals surface area contributed by atoms with Gasteiger partial charge in [-0.15, -0.1) is 0 Å². The number of hydrogen-bond donors (Lipinski definition) is 1. The molecule has 3 rings (SSSR count). The minimum Gasteiger partial charge on any atom is -0.496 e. The monoisotopic (exact) mass is 645 g/mol. The molecule has 0 bridgehead atoms. The molecule has 0 aliphatic rings. The van der Waals surface area contributed by atoms with E-state index in [0.717, 1.165) is 22.3 Å². The fourth-order valence-corrected chi connectivity index (χ4v) is 6.38. The second kappa shape index (κ2) is 13.5. The molecule has 0 saturated carbocycles. The average molecular weight is 647 g/mol. The van der Waals surface area contributed by atoms with Crippen LogP contribution in [0.2, 0.25) is 28.2 Å². The molecule has 3 aromatic rings. The first kappa shape index (κ1) is 34.7. The van der Waals surface area contributed by atoms with Crippen molar-refractivity contribution in [3.8, 4) is 28.1 Å². The first-order valence-corrected chi connectivity index (χ1v) is 18.0. The Morgan fingerprint density at radius 3 is 2.28 bits per heavy atom. The molecule has 10 heteroatoms. The van der Waals surface area contributed by atoms with Gasteiger partial charge in [0.1, 0.15) is 11.4 Å². The molecule has 1 heterocycles. The van der Waals surface area contributed by atoms with E-state index in [1.165, 1.54) is 0 Å². The Bertz CT molecular complexity index is 1450. The van der Waals surface area contributed by atoms with Crippen molar-refractivity contribution >= 4 is 43.3 Å². The van der Waals surface area contributed by atoms with E-state index in [1.807, 2.05) is 64.1 Å². The highest BCUT2D eigenvalue weighted by Gasteiger charge is 2.39. The number of pyridine rings is 1. The number of carbonyl (C=O) groups excluding carboxylic acids is 1. The van der Waals surface area contributed by atoms with Crippen LogP contribution in [0.15, 0.2) is 48.7 Å². The molecule has 0 saturated heterocycles. The average Bonchev–Trinajstić information content (AvgIpc) is 2.88. The first-order chi connectivity index (χ1) is 19.8. The predicted octanol–water partition coefficient (Wildman–Crippen LogP) is 9.46. The van der Waals surface area contributed by atoms with Crippen LogP contribution in [0.3, 0.4) is 0 Å². The molecule has 0 unspecified atom stereocenters. The van der Waals surface area contributed by atoms with E-state index in [1.54, 1.807) is 24.3 Å². The van der Waals surface area contributed by atoms with E-state index in [4.69, 9.17) is 42.8 Å². The molecular formula is C33H45Cl2N3O4Si. The van der Waals surface area contributed by atoms with Crippen molar-refractivity contribution in [3.05, 3.63) is 64.3 Å². The SMILES string of the molecule is COc1cc(-c2nccc(-c3cccc(N)c3Cl)c2Cl)ccc1CN(C[C@H](C)O[Si](C)(C)C(C)(C)C)C(=O)OC(C)(C)C. The number of nitrogens with two attached hydrogens (primary N) is 1. The molecular weight excluding hydrogens is 601 g/mol. The quantitative estimate of drug-likeness (QED) is 0.184. The highest BCUT2D eigenvalue weighted by molar-refractivity contribution is 6.74. The second-order valence-corrected chi connectivity index (χ2v) is 18.8. The summed E-state index contributed by atoms with van der Waals surface area (Å²) in [6, 6.07) is 13.0. The van der Waals surface area contributed by atoms with Gasteiger partial charge >= 0.3 is 6.09 Å². The number of hydrogen-bond acceptors (Lipinski definition) is 6. The normalized spacial score (nSPS) is 13.0. The number of anilines is 1. The highest BCUT2D eigenvalue weighted by Crippen LogP contribution is 2.41. The van der Waals surface area contributed by atoms with Gasteiger partial charge in [-0.25, -0.2) is 4.79 Å². The number of benzene rings is 2. The van der Waals surface area contributed by atoms with Crippen LogP contribution in [0.25, 0.3) is 22.4 Å². The summed E-state index contributed by atoms with van der Waals surface area (Å²) in [5.41, 5.74) is 9.44. The van der Waals surface area contributed by atoms with Crippen LogP contribution in [-0.2, 0) is 15.7 Å². The zero-order valence-electron chi connectivity index (χ0n) is 27.0. The molecule has 43 heavy (non-hydrogen) atoms. The van der Waals surface area contributed by atoms with Crippen LogP contribution in [0.4, 0.5) is 10.5 Å². The molecule has 0 fully saturated rings. The van der Waals surface area contributed by atoms with Gasteiger partial charge in [0, 0.05) is 35.0 Å². The van der Waals surface area contributed by atoms with Crippen LogP contribution in [0.1, 0.15) is 54.0 Å². The summed E-state index contributed by atoms with van der Waals surface area (Å²) in [6.07, 6.45) is 1.08. The zero-order chi connectivity index (χ0) is 32.3. The minimum absolute atomic E-state index is 0.0438. The van der Waals surface area contributed by atoms with Crippen LogP contribution in [0, 0.1) is 0 Å². The van der Waals surface area contributed by atoms with Crippen LogP contribution in [-0.4, -0.2) is 49.7 Å². The van der Waals surface area contributed by atoms with Crippen molar-refractivity contribution in [1.82, 2.24) is 9.88 Å². The maximum absolute atomic E-state index is 13.4. The molecule has 1 aromatic heterocycles. The van der Waals surface area contributed by atoms with Crippen molar-refractivity contribution in [2.24, 2.45) is 0 Å². The Balaban J connectivity index is 1.96. The Hall–Kier alpha value is -2.78. The molecule has 0 radical (unpaired) electrons. The zero-order valence-corrected chi connectivity index (χ0v) is 29.5. The van der Waals surface area contributed by atoms with Gasteiger partial charge in [0.05, 0.1) is 41.2 Å². The number of methoxy groups -OCH3 is 1. The molecule has 0 spiro atoms. The van der Waals surface area contributed by atoms with Crippen molar-refractivity contribution < 1.29 is 18.7 Å². The summed E-state index contributed by atoms with van der Waals surface area (Å²) in [7, 11) is -0.452. The summed E-state index contributed by atoms with van der Waals surface area (Å²) in [4.78, 5) is 19.6. The maximum Gasteiger partial charge on any atom is 0.410 e. The molecule has 0 aliphatic heterocycles. The van der Waals surface area contributed by atoms with E-state index in [9.17, 15) is 4.79 Å². The molecule has 0 aliphatic carbocycles. The number of amides is 1. The number of nitrogens with zero attached hydrogens (tertiary/aromatic N) is 2. The highest BCUT2D eigenvalue weighted by atomic mass is 35.5. The lowest BCUT2D eigenvalue weighted by atomic mass is 10.0. The van der Waals surface area contributed by atoms with E-state index in [0.29, 0.717) is 33.7 Å². The summed E-state index contributed by atoms with van der Waals surface area (Å²) in [6.45, 7) is 19.2. The Morgan fingerprint density at radius 2 is 1.67 bits per heavy atom. The van der Waals surface area contributed by atoms with Crippen LogP contribution < -0.4 is 10.5 Å². The predicted molar refractivity (Wildman–Crippen MR) is 180 cm³/mol. The van der Waals surface area contributed by atoms with Gasteiger partial charge < -0.3 is 24.5 Å². The van der Waals surface area contributed by atoms with E-state index in [2.05, 4.69) is 38.8 Å². The summed E-state index contributed by atoms with van der Waals surface area (Å²) < 4.78 is 18.2. The largest absolute Gasteiger partial charge is 0.496 e. The number of ether oxygens (including phenoxy) is 2. The summed E-state index contributed by atoms with van der Waals surface area (Å²) in [5.74, 6) is 0.592. The number of aromatic nitrogens is 1. The van der Waals surface area contributed by atoms with Gasteiger partial charge in [-0.2, -0.15) is 0 Å². The van der Waals surface area contributed by atoms with Crippen molar-refractivity contribution in [1.29, 1.82) is 0 Å². The number of nitrogen functional groups attached to an aromatic ring is 1. The third-order valence-electron chi connectivity index (χ3n) is 7.56. The lowest BCUT2D eigenvalue weighted by molar-refractivity contribution is 0.0151. The molecule has 1 atom stereocenters. The standard InChI is InChI=1S/C33H45Cl2N3O4Si/c1-21(42-43(9,10)33(5,6)7)19-38(31(39)41-32(2,3)4)20-23-15-14-22(18-27(23)40-8)30-29(35)25(16-17-37-30)24-12-11-13-26(36)28(24)34/h11-18,21H,19-20,36H2,1-10H3/t21-/m0/s1. The second-order valence-electron chi connectivity index (χ2n) is 13.3. The van der Waals surface area contributed by atoms with E-state index < -0.39 is 20.0 Å². The fourth-order valence-electron chi connectivity index (χ4n) is 4.40. The van der Waals surface area contributed by atoms with Gasteiger partial charge in [0.25, 0.3) is 0 Å². The Kier molecular flexibility index (Phi) is 10.9. The van der Waals surface area contributed by atoms with Crippen LogP contribution >= 0.6 is 23.2 Å². The lowest BCUT2D eigenvalue weighted by Gasteiger charge is -2.39. The van der Waals surface area contributed by atoms with E-state index in [-0.39, 0.29) is 17.7 Å². The van der Waals surface area contributed by atoms with Crippen molar-refractivity contribution in [3.63, 3.8) is 0 Å². The molecule has 1 amide bonds. The van der Waals surface area contributed by atoms with Crippen molar-refractivity contribution in [2.75, 3.05) is 19.4 Å². The molecule has 2 aromatic carbocycles. The smallest absolute Gasteiger partial charge is 0.410 e. The first-order valence-electron chi connectivity index (χ1n) is 14.4. The third kappa shape index (κ3) is 8.66. The lowest BCUT2D eigenvalue weighted by Crippen LogP contribution is -2.47. The Morgan fingerprint density at radius 1 is 1.02 bits per heavy atom. The van der Waals surface area contributed by atoms with Gasteiger partial charge in [-0.05, 0) is 64.0 Å². The molecule has 234 valence electrons. The van der Waals surface area contributed by atoms with Gasteiger partial charge in [-0.3, -0.25) is 4.98 Å². The fraction of sp³-hybridized carbons (Fsp3) is 0.455. The van der Waals surface area contributed by atoms with Crippen LogP contribution in [0.5, 0.6) is 5.75 Å². The number of rotatable bonds is 9. The maximum atomic E-state index is 13.4. The third-order valence-corrected chi connectivity index (χ3v) is 13.0. The van der Waals surface area contributed by atoms with E-state index >= 15 is 0 Å². The van der Waals surface area contributed by atoms with Gasteiger partial charge in [-0.1, -0.05) is 68.2 Å². The minimum atomic E-state index is -2.05. The summed E-state index contributed by atoms with van der Waals surface area (Å²) in [5, 5.41) is 0.919. The van der Waals surface area contributed by atoms with Gasteiger partial charge in [0.2, 0.25) is 0 Å².